The van der Waals surface area contributed by atoms with E-state index in [1.54, 1.807) is 12.1 Å². The Morgan fingerprint density at radius 2 is 1.20 bits per heavy atom. The summed E-state index contributed by atoms with van der Waals surface area (Å²) in [4.78, 5) is 22.3. The molecular weight excluding hydrogens is 320 g/mol. The number of hydrogen-bond donors (Lipinski definition) is 0. The minimum atomic E-state index is -0.571. The molecule has 130 valence electrons. The second-order valence-corrected chi connectivity index (χ2v) is 6.41. The molecule has 0 bridgehead atoms. The van der Waals surface area contributed by atoms with Crippen molar-refractivity contribution in [3.8, 4) is 11.5 Å². The molecule has 0 aromatic heterocycles. The summed E-state index contributed by atoms with van der Waals surface area (Å²) in [5.74, 6) is 0.238. The SMILES string of the molecule is CC(=O)Oc1cccc([C@@]2(C)O[C@]2(C)c2cccc(OC(C)=O)c2)c1. The van der Waals surface area contributed by atoms with Crippen molar-refractivity contribution in [2.24, 2.45) is 0 Å². The van der Waals surface area contributed by atoms with Crippen molar-refractivity contribution in [2.45, 2.75) is 38.9 Å². The van der Waals surface area contributed by atoms with Crippen molar-refractivity contribution in [3.63, 3.8) is 0 Å². The maximum absolute atomic E-state index is 11.2. The largest absolute Gasteiger partial charge is 0.427 e. The number of epoxide rings is 1. The predicted molar refractivity (Wildman–Crippen MR) is 91.3 cm³/mol. The summed E-state index contributed by atoms with van der Waals surface area (Å²) in [6, 6.07) is 14.6. The fraction of sp³-hybridized carbons (Fsp3) is 0.300. The van der Waals surface area contributed by atoms with E-state index in [0.717, 1.165) is 11.1 Å². The third-order valence-electron chi connectivity index (χ3n) is 4.57. The van der Waals surface area contributed by atoms with E-state index in [4.69, 9.17) is 14.2 Å². The molecule has 1 saturated heterocycles. The Labute approximate surface area is 146 Å². The van der Waals surface area contributed by atoms with Crippen LogP contribution in [0, 0.1) is 0 Å². The minimum absolute atomic E-state index is 0.365. The smallest absolute Gasteiger partial charge is 0.308 e. The van der Waals surface area contributed by atoms with Crippen LogP contribution in [-0.4, -0.2) is 11.9 Å². The summed E-state index contributed by atoms with van der Waals surface area (Å²) >= 11 is 0. The highest BCUT2D eigenvalue weighted by Gasteiger charge is 2.65. The third kappa shape index (κ3) is 3.15. The standard InChI is InChI=1S/C20H20O5/c1-13(21)23-17-9-5-7-15(11-17)19(3)20(4,25-19)16-8-6-10-18(12-16)24-14(2)22/h5-12H,1-4H3/t19-,20-/m1/s1. The van der Waals surface area contributed by atoms with Gasteiger partial charge in [-0.2, -0.15) is 0 Å². The lowest BCUT2D eigenvalue weighted by molar-refractivity contribution is -0.132. The fourth-order valence-corrected chi connectivity index (χ4v) is 3.10. The molecule has 1 aliphatic heterocycles. The second-order valence-electron chi connectivity index (χ2n) is 6.41. The van der Waals surface area contributed by atoms with Gasteiger partial charge in [-0.05, 0) is 49.2 Å². The van der Waals surface area contributed by atoms with Gasteiger partial charge in [0.1, 0.15) is 22.7 Å². The molecule has 0 amide bonds. The van der Waals surface area contributed by atoms with E-state index in [0.29, 0.717) is 11.5 Å². The van der Waals surface area contributed by atoms with Crippen LogP contribution in [0.2, 0.25) is 0 Å². The van der Waals surface area contributed by atoms with Crippen molar-refractivity contribution in [1.29, 1.82) is 0 Å². The molecule has 1 fully saturated rings. The summed E-state index contributed by atoms with van der Waals surface area (Å²) < 4.78 is 16.4. The highest BCUT2D eigenvalue weighted by molar-refractivity contribution is 5.70. The lowest BCUT2D eigenvalue weighted by Crippen LogP contribution is -2.17. The number of rotatable bonds is 4. The molecule has 0 aliphatic carbocycles. The van der Waals surface area contributed by atoms with Gasteiger partial charge in [-0.15, -0.1) is 0 Å². The third-order valence-corrected chi connectivity index (χ3v) is 4.57. The van der Waals surface area contributed by atoms with E-state index in [2.05, 4.69) is 0 Å². The van der Waals surface area contributed by atoms with Crippen LogP contribution in [0.4, 0.5) is 0 Å². The van der Waals surface area contributed by atoms with Crippen molar-refractivity contribution in [3.05, 3.63) is 59.7 Å². The van der Waals surface area contributed by atoms with Gasteiger partial charge < -0.3 is 14.2 Å². The van der Waals surface area contributed by atoms with Gasteiger partial charge in [0.25, 0.3) is 0 Å². The van der Waals surface area contributed by atoms with Crippen molar-refractivity contribution in [2.75, 3.05) is 0 Å². The van der Waals surface area contributed by atoms with Crippen LogP contribution in [0.25, 0.3) is 0 Å². The van der Waals surface area contributed by atoms with Gasteiger partial charge in [-0.25, -0.2) is 0 Å². The number of ether oxygens (including phenoxy) is 3. The maximum Gasteiger partial charge on any atom is 0.308 e. The Kier molecular flexibility index (Phi) is 4.13. The van der Waals surface area contributed by atoms with E-state index in [1.165, 1.54) is 13.8 Å². The number of esters is 2. The Morgan fingerprint density at radius 1 is 0.800 bits per heavy atom. The van der Waals surface area contributed by atoms with Gasteiger partial charge in [0.05, 0.1) is 0 Å². The van der Waals surface area contributed by atoms with Crippen molar-refractivity contribution >= 4 is 11.9 Å². The van der Waals surface area contributed by atoms with E-state index < -0.39 is 11.2 Å². The van der Waals surface area contributed by atoms with E-state index in [-0.39, 0.29) is 11.9 Å². The summed E-state index contributed by atoms with van der Waals surface area (Å²) in [7, 11) is 0. The molecule has 0 spiro atoms. The topological polar surface area (TPSA) is 65.1 Å². The van der Waals surface area contributed by atoms with Crippen LogP contribution in [0.3, 0.4) is 0 Å². The molecule has 2 aromatic carbocycles. The molecule has 0 N–H and O–H groups in total. The monoisotopic (exact) mass is 340 g/mol. The highest BCUT2D eigenvalue weighted by atomic mass is 16.6. The molecule has 0 unspecified atom stereocenters. The average molecular weight is 340 g/mol. The predicted octanol–water partition coefficient (Wildman–Crippen LogP) is 3.70. The van der Waals surface area contributed by atoms with Gasteiger partial charge in [-0.3, -0.25) is 9.59 Å². The zero-order valence-electron chi connectivity index (χ0n) is 14.7. The van der Waals surface area contributed by atoms with Crippen LogP contribution >= 0.6 is 0 Å². The van der Waals surface area contributed by atoms with Crippen molar-refractivity contribution in [1.82, 2.24) is 0 Å². The molecule has 2 aromatic rings. The summed E-state index contributed by atoms with van der Waals surface area (Å²) in [6.45, 7) is 6.70. The zero-order chi connectivity index (χ0) is 18.2. The Balaban J connectivity index is 1.91. The molecule has 1 aliphatic rings. The lowest BCUT2D eigenvalue weighted by atomic mass is 9.84. The Morgan fingerprint density at radius 3 is 1.56 bits per heavy atom. The molecule has 0 saturated carbocycles. The van der Waals surface area contributed by atoms with Crippen LogP contribution in [0.15, 0.2) is 48.5 Å². The lowest BCUT2D eigenvalue weighted by Gasteiger charge is -2.15. The second kappa shape index (κ2) is 6.01. The van der Waals surface area contributed by atoms with Gasteiger partial charge in [0, 0.05) is 13.8 Å². The number of carbonyl (C=O) groups excluding carboxylic acids is 2. The van der Waals surface area contributed by atoms with Gasteiger partial charge in [-0.1, -0.05) is 24.3 Å². The maximum atomic E-state index is 11.2. The van der Waals surface area contributed by atoms with Crippen LogP contribution < -0.4 is 9.47 Å². The Hall–Kier alpha value is -2.66. The van der Waals surface area contributed by atoms with E-state index in [1.807, 2.05) is 50.2 Å². The first kappa shape index (κ1) is 17.2. The molecule has 2 atom stereocenters. The van der Waals surface area contributed by atoms with E-state index in [9.17, 15) is 9.59 Å². The Bertz CT molecular complexity index is 774. The number of benzene rings is 2. The highest BCUT2D eigenvalue weighted by Crippen LogP contribution is 2.62. The minimum Gasteiger partial charge on any atom is -0.427 e. The van der Waals surface area contributed by atoms with Crippen molar-refractivity contribution < 1.29 is 23.8 Å². The zero-order valence-corrected chi connectivity index (χ0v) is 14.7. The fourth-order valence-electron chi connectivity index (χ4n) is 3.10. The summed E-state index contributed by atoms with van der Waals surface area (Å²) in [5.41, 5.74) is 0.675. The summed E-state index contributed by atoms with van der Waals surface area (Å²) in [5, 5.41) is 0. The molecular formula is C20H20O5. The first-order valence-electron chi connectivity index (χ1n) is 8.03. The normalized spacial score (nSPS) is 24.5. The van der Waals surface area contributed by atoms with Gasteiger partial charge >= 0.3 is 11.9 Å². The average Bonchev–Trinajstić information content (AvgIpc) is 3.11. The molecule has 0 radical (unpaired) electrons. The first-order chi connectivity index (χ1) is 11.7. The van der Waals surface area contributed by atoms with Crippen LogP contribution in [0.5, 0.6) is 11.5 Å². The molecule has 5 heteroatoms. The molecule has 3 rings (SSSR count). The van der Waals surface area contributed by atoms with E-state index >= 15 is 0 Å². The molecule has 25 heavy (non-hydrogen) atoms. The summed E-state index contributed by atoms with van der Waals surface area (Å²) in [6.07, 6.45) is 0. The van der Waals surface area contributed by atoms with Gasteiger partial charge in [0.15, 0.2) is 0 Å². The van der Waals surface area contributed by atoms with Gasteiger partial charge in [0.2, 0.25) is 0 Å². The first-order valence-corrected chi connectivity index (χ1v) is 8.03. The van der Waals surface area contributed by atoms with Crippen LogP contribution in [0.1, 0.15) is 38.8 Å². The quantitative estimate of drug-likeness (QED) is 0.482. The number of carbonyl (C=O) groups is 2. The van der Waals surface area contributed by atoms with Crippen LogP contribution in [-0.2, 0) is 25.5 Å². The molecule has 1 heterocycles. The molecule has 5 nitrogen and oxygen atoms in total. The number of hydrogen-bond acceptors (Lipinski definition) is 5.